The van der Waals surface area contributed by atoms with E-state index in [4.69, 9.17) is 9.47 Å². The zero-order valence-corrected chi connectivity index (χ0v) is 25.0. The summed E-state index contributed by atoms with van der Waals surface area (Å²) in [4.78, 5) is 29.0. The Labute approximate surface area is 248 Å². The van der Waals surface area contributed by atoms with Crippen molar-refractivity contribution in [1.82, 2.24) is 10.2 Å². The number of nitrogens with zero attached hydrogens (tertiary/aromatic N) is 2. The van der Waals surface area contributed by atoms with Gasteiger partial charge in [-0.2, -0.15) is 0 Å². The van der Waals surface area contributed by atoms with Crippen LogP contribution in [0.25, 0.3) is 0 Å². The number of carbonyl (C=O) groups is 2. The van der Waals surface area contributed by atoms with Crippen molar-refractivity contribution in [2.24, 2.45) is 0 Å². The SMILES string of the molecule is CCCCNC(=O)C(CC)N(CCc1ccccc1)C(=O)CN(c1ccc2c(c1)OCCO2)S(=O)(=O)c1ccccc1. The van der Waals surface area contributed by atoms with Crippen molar-refractivity contribution < 1.29 is 27.5 Å². The number of hydrogen-bond donors (Lipinski definition) is 1. The predicted molar refractivity (Wildman–Crippen MR) is 162 cm³/mol. The lowest BCUT2D eigenvalue weighted by Crippen LogP contribution is -2.53. The fraction of sp³-hybridized carbons (Fsp3) is 0.375. The standard InChI is InChI=1S/C32H39N3O6S/c1-3-5-19-33-32(37)28(4-2)34(20-18-25-12-8-6-9-13-25)31(36)24-35(42(38,39)27-14-10-7-11-15-27)26-16-17-29-30(23-26)41-22-21-40-29/h6-17,23,28H,3-5,18-22,24H2,1-2H3,(H,33,37). The van der Waals surface area contributed by atoms with Gasteiger partial charge in [-0.15, -0.1) is 0 Å². The van der Waals surface area contributed by atoms with Crippen LogP contribution in [0.15, 0.2) is 83.8 Å². The number of sulfonamides is 1. The first kappa shape index (κ1) is 30.9. The molecule has 9 nitrogen and oxygen atoms in total. The Kier molecular flexibility index (Phi) is 10.8. The monoisotopic (exact) mass is 593 g/mol. The molecule has 0 radical (unpaired) electrons. The first-order chi connectivity index (χ1) is 20.3. The van der Waals surface area contributed by atoms with Gasteiger partial charge in [0, 0.05) is 19.2 Å². The molecule has 1 heterocycles. The Bertz CT molecular complexity index is 1430. The molecule has 1 N–H and O–H groups in total. The van der Waals surface area contributed by atoms with Crippen molar-refractivity contribution in [3.63, 3.8) is 0 Å². The smallest absolute Gasteiger partial charge is 0.264 e. The quantitative estimate of drug-likeness (QED) is 0.278. The number of carbonyl (C=O) groups excluding carboxylic acids is 2. The van der Waals surface area contributed by atoms with Crippen molar-refractivity contribution >= 4 is 27.5 Å². The summed E-state index contributed by atoms with van der Waals surface area (Å²) < 4.78 is 40.4. The molecule has 0 bridgehead atoms. The highest BCUT2D eigenvalue weighted by Crippen LogP contribution is 2.36. The van der Waals surface area contributed by atoms with E-state index in [1.807, 2.05) is 44.2 Å². The number of nitrogens with one attached hydrogen (secondary N) is 1. The Morgan fingerprint density at radius 1 is 0.905 bits per heavy atom. The minimum atomic E-state index is -4.16. The van der Waals surface area contributed by atoms with Crippen LogP contribution in [0, 0.1) is 0 Å². The van der Waals surface area contributed by atoms with Crippen LogP contribution >= 0.6 is 0 Å². The van der Waals surface area contributed by atoms with E-state index in [-0.39, 0.29) is 23.0 Å². The molecular weight excluding hydrogens is 554 g/mol. The molecule has 0 aromatic heterocycles. The highest BCUT2D eigenvalue weighted by Gasteiger charge is 2.34. The van der Waals surface area contributed by atoms with E-state index in [1.165, 1.54) is 17.0 Å². The number of amides is 2. The second-order valence-corrected chi connectivity index (χ2v) is 11.9. The number of anilines is 1. The van der Waals surface area contributed by atoms with Gasteiger partial charge in [-0.25, -0.2) is 8.42 Å². The van der Waals surface area contributed by atoms with Gasteiger partial charge in [0.25, 0.3) is 10.0 Å². The number of ether oxygens (including phenoxy) is 2. The van der Waals surface area contributed by atoms with Crippen molar-refractivity contribution in [3.05, 3.63) is 84.4 Å². The largest absolute Gasteiger partial charge is 0.486 e. The van der Waals surface area contributed by atoms with Gasteiger partial charge in [0.15, 0.2) is 11.5 Å². The summed E-state index contributed by atoms with van der Waals surface area (Å²) in [6.45, 7) is 4.89. The number of fused-ring (bicyclic) bond motifs is 1. The molecular formula is C32H39N3O6S. The van der Waals surface area contributed by atoms with Crippen molar-refractivity contribution in [1.29, 1.82) is 0 Å². The Morgan fingerprint density at radius 3 is 2.24 bits per heavy atom. The highest BCUT2D eigenvalue weighted by atomic mass is 32.2. The molecule has 0 fully saturated rings. The average molecular weight is 594 g/mol. The highest BCUT2D eigenvalue weighted by molar-refractivity contribution is 7.92. The van der Waals surface area contributed by atoms with Crippen LogP contribution in [0.4, 0.5) is 5.69 Å². The maximum absolute atomic E-state index is 14.1. The average Bonchev–Trinajstić information content (AvgIpc) is 3.02. The molecule has 1 aliphatic rings. The fourth-order valence-corrected chi connectivity index (χ4v) is 6.26. The van der Waals surface area contributed by atoms with Crippen LogP contribution in [0.5, 0.6) is 11.5 Å². The molecule has 42 heavy (non-hydrogen) atoms. The number of rotatable bonds is 14. The third-order valence-electron chi connectivity index (χ3n) is 7.12. The molecule has 0 spiro atoms. The van der Waals surface area contributed by atoms with E-state index in [2.05, 4.69) is 5.32 Å². The van der Waals surface area contributed by atoms with Crippen molar-refractivity contribution in [2.45, 2.75) is 50.5 Å². The van der Waals surface area contributed by atoms with Crippen LogP contribution in [0.3, 0.4) is 0 Å². The Hall–Kier alpha value is -4.05. The summed E-state index contributed by atoms with van der Waals surface area (Å²) in [5.41, 5.74) is 1.28. The van der Waals surface area contributed by atoms with Crippen LogP contribution in [-0.2, 0) is 26.0 Å². The van der Waals surface area contributed by atoms with Gasteiger partial charge in [0.05, 0.1) is 10.6 Å². The molecule has 1 atom stereocenters. The second-order valence-electron chi connectivity index (χ2n) is 10.0. The summed E-state index contributed by atoms with van der Waals surface area (Å²) in [5.74, 6) is 0.191. The molecule has 4 rings (SSSR count). The number of unbranched alkanes of at least 4 members (excludes halogenated alkanes) is 1. The zero-order valence-electron chi connectivity index (χ0n) is 24.2. The lowest BCUT2D eigenvalue weighted by molar-refractivity contribution is -0.139. The molecule has 0 saturated heterocycles. The maximum Gasteiger partial charge on any atom is 0.264 e. The predicted octanol–water partition coefficient (Wildman–Crippen LogP) is 4.42. The Morgan fingerprint density at radius 2 is 1.57 bits per heavy atom. The van der Waals surface area contributed by atoms with E-state index in [0.29, 0.717) is 44.1 Å². The van der Waals surface area contributed by atoms with E-state index in [9.17, 15) is 18.0 Å². The number of benzene rings is 3. The van der Waals surface area contributed by atoms with Gasteiger partial charge in [0.2, 0.25) is 11.8 Å². The van der Waals surface area contributed by atoms with E-state index in [0.717, 1.165) is 22.7 Å². The molecule has 224 valence electrons. The van der Waals surface area contributed by atoms with Crippen LogP contribution in [0.2, 0.25) is 0 Å². The van der Waals surface area contributed by atoms with Gasteiger partial charge in [-0.05, 0) is 49.1 Å². The summed E-state index contributed by atoms with van der Waals surface area (Å²) in [6, 6.07) is 21.8. The molecule has 1 unspecified atom stereocenters. The normalized spacial score (nSPS) is 13.2. The Balaban J connectivity index is 1.69. The molecule has 2 amide bonds. The van der Waals surface area contributed by atoms with Crippen LogP contribution in [-0.4, -0.2) is 64.0 Å². The van der Waals surface area contributed by atoms with E-state index < -0.39 is 28.5 Å². The lowest BCUT2D eigenvalue weighted by Gasteiger charge is -2.33. The molecule has 1 aliphatic heterocycles. The summed E-state index contributed by atoms with van der Waals surface area (Å²) in [5, 5.41) is 2.95. The molecule has 3 aromatic carbocycles. The zero-order chi connectivity index (χ0) is 30.0. The van der Waals surface area contributed by atoms with Crippen LogP contribution < -0.4 is 19.1 Å². The second kappa shape index (κ2) is 14.7. The first-order valence-electron chi connectivity index (χ1n) is 14.4. The first-order valence-corrected chi connectivity index (χ1v) is 15.9. The van der Waals surface area contributed by atoms with Gasteiger partial charge < -0.3 is 19.7 Å². The molecule has 0 aliphatic carbocycles. The van der Waals surface area contributed by atoms with E-state index >= 15 is 0 Å². The van der Waals surface area contributed by atoms with Crippen molar-refractivity contribution in [3.8, 4) is 11.5 Å². The summed E-state index contributed by atoms with van der Waals surface area (Å²) in [6.07, 6.45) is 2.65. The summed E-state index contributed by atoms with van der Waals surface area (Å²) >= 11 is 0. The van der Waals surface area contributed by atoms with Gasteiger partial charge in [-0.3, -0.25) is 13.9 Å². The molecule has 3 aromatic rings. The fourth-order valence-electron chi connectivity index (χ4n) is 4.84. The maximum atomic E-state index is 14.1. The minimum Gasteiger partial charge on any atom is -0.486 e. The topological polar surface area (TPSA) is 105 Å². The third kappa shape index (κ3) is 7.61. The summed E-state index contributed by atoms with van der Waals surface area (Å²) in [7, 11) is -4.16. The molecule has 0 saturated carbocycles. The van der Waals surface area contributed by atoms with Gasteiger partial charge >= 0.3 is 0 Å². The van der Waals surface area contributed by atoms with Crippen molar-refractivity contribution in [2.75, 3.05) is 37.2 Å². The van der Waals surface area contributed by atoms with E-state index in [1.54, 1.807) is 36.4 Å². The lowest BCUT2D eigenvalue weighted by atomic mass is 10.1. The van der Waals surface area contributed by atoms with Crippen LogP contribution in [0.1, 0.15) is 38.7 Å². The van der Waals surface area contributed by atoms with Gasteiger partial charge in [-0.1, -0.05) is 68.8 Å². The molecule has 10 heteroatoms. The van der Waals surface area contributed by atoms with Gasteiger partial charge in [0.1, 0.15) is 25.8 Å². The minimum absolute atomic E-state index is 0.0490. The third-order valence-corrected chi connectivity index (χ3v) is 8.91. The number of hydrogen-bond acceptors (Lipinski definition) is 6.